The molecule has 0 aliphatic heterocycles. The van der Waals surface area contributed by atoms with Crippen molar-refractivity contribution < 1.29 is 0 Å². The molecule has 4 nitrogen and oxygen atoms in total. The van der Waals surface area contributed by atoms with Crippen molar-refractivity contribution in [1.29, 1.82) is 0 Å². The lowest BCUT2D eigenvalue weighted by Crippen LogP contribution is -2.28. The summed E-state index contributed by atoms with van der Waals surface area (Å²) in [4.78, 5) is 11.6. The van der Waals surface area contributed by atoms with Gasteiger partial charge < -0.3 is 10.7 Å². The fourth-order valence-electron chi connectivity index (χ4n) is 2.20. The summed E-state index contributed by atoms with van der Waals surface area (Å²) in [6, 6.07) is 4.02. The van der Waals surface area contributed by atoms with E-state index in [0.29, 0.717) is 0 Å². The minimum Gasteiger partial charge on any atom is -0.361 e. The van der Waals surface area contributed by atoms with Crippen molar-refractivity contribution in [2.45, 2.75) is 19.4 Å². The van der Waals surface area contributed by atoms with E-state index in [1.54, 1.807) is 6.33 Å². The minimum atomic E-state index is -0.387. The number of H-pyrrole nitrogens is 1. The highest BCUT2D eigenvalue weighted by molar-refractivity contribution is 6.06. The molecule has 3 rings (SSSR count). The highest BCUT2D eigenvalue weighted by Crippen LogP contribution is 2.31. The molecule has 0 radical (unpaired) electrons. The molecule has 0 amide bonds. The number of fused-ring (bicyclic) bond motifs is 3. The molecule has 2 aromatic heterocycles. The zero-order valence-electron chi connectivity index (χ0n) is 9.86. The molecule has 0 bridgehead atoms. The van der Waals surface area contributed by atoms with Crippen LogP contribution in [0.1, 0.15) is 19.4 Å². The Morgan fingerprint density at radius 3 is 2.88 bits per heavy atom. The highest BCUT2D eigenvalue weighted by atomic mass is 14.8. The maximum Gasteiger partial charge on any atom is 0.116 e. The van der Waals surface area contributed by atoms with Gasteiger partial charge in [-0.2, -0.15) is 0 Å². The van der Waals surface area contributed by atoms with E-state index in [1.807, 2.05) is 38.4 Å². The standard InChI is InChI=1S/C13H14N4/c1-13(2,14)9-6-16-11-4-3-10-8(12(9)11)5-15-7-17-10/h3-7,16H,14H2,1-2H3. The van der Waals surface area contributed by atoms with E-state index >= 15 is 0 Å². The van der Waals surface area contributed by atoms with Gasteiger partial charge in [0.15, 0.2) is 0 Å². The topological polar surface area (TPSA) is 67.6 Å². The summed E-state index contributed by atoms with van der Waals surface area (Å²) in [6.07, 6.45) is 5.37. The maximum absolute atomic E-state index is 6.20. The first-order chi connectivity index (χ1) is 8.07. The number of rotatable bonds is 1. The van der Waals surface area contributed by atoms with E-state index in [0.717, 1.165) is 27.4 Å². The largest absolute Gasteiger partial charge is 0.361 e. The van der Waals surface area contributed by atoms with Crippen LogP contribution in [0.15, 0.2) is 30.9 Å². The Hall–Kier alpha value is -1.94. The molecule has 0 unspecified atom stereocenters. The number of nitrogens with two attached hydrogens (primary N) is 1. The van der Waals surface area contributed by atoms with Gasteiger partial charge in [0.1, 0.15) is 6.33 Å². The van der Waals surface area contributed by atoms with Crippen molar-refractivity contribution in [3.8, 4) is 0 Å². The van der Waals surface area contributed by atoms with E-state index in [2.05, 4.69) is 15.0 Å². The third kappa shape index (κ3) is 1.49. The quantitative estimate of drug-likeness (QED) is 0.669. The Morgan fingerprint density at radius 1 is 1.29 bits per heavy atom. The summed E-state index contributed by atoms with van der Waals surface area (Å²) in [5.41, 5.74) is 8.91. The van der Waals surface area contributed by atoms with E-state index in [9.17, 15) is 0 Å². The molecule has 86 valence electrons. The second-order valence-electron chi connectivity index (χ2n) is 4.87. The molecule has 1 aromatic carbocycles. The van der Waals surface area contributed by atoms with Crippen LogP contribution >= 0.6 is 0 Å². The van der Waals surface area contributed by atoms with Crippen LogP contribution in [0.2, 0.25) is 0 Å². The number of aromatic nitrogens is 3. The fourth-order valence-corrected chi connectivity index (χ4v) is 2.20. The van der Waals surface area contributed by atoms with Crippen molar-refractivity contribution in [3.63, 3.8) is 0 Å². The monoisotopic (exact) mass is 226 g/mol. The van der Waals surface area contributed by atoms with E-state index in [-0.39, 0.29) is 5.54 Å². The Morgan fingerprint density at radius 2 is 2.12 bits per heavy atom. The number of benzene rings is 1. The number of nitrogens with zero attached hydrogens (tertiary/aromatic N) is 2. The molecule has 4 heteroatoms. The molecular weight excluding hydrogens is 212 g/mol. The molecule has 3 N–H and O–H groups in total. The second-order valence-corrected chi connectivity index (χ2v) is 4.87. The SMILES string of the molecule is CC(C)(N)c1c[nH]c2ccc3ncncc3c12. The number of hydrogen-bond donors (Lipinski definition) is 2. The van der Waals surface area contributed by atoms with Crippen molar-refractivity contribution in [1.82, 2.24) is 15.0 Å². The van der Waals surface area contributed by atoms with Gasteiger partial charge in [0.2, 0.25) is 0 Å². The van der Waals surface area contributed by atoms with E-state index in [4.69, 9.17) is 5.73 Å². The summed E-state index contributed by atoms with van der Waals surface area (Å²) in [5, 5.41) is 2.16. The van der Waals surface area contributed by atoms with Crippen molar-refractivity contribution in [3.05, 3.63) is 36.4 Å². The lowest BCUT2D eigenvalue weighted by Gasteiger charge is -2.18. The maximum atomic E-state index is 6.20. The van der Waals surface area contributed by atoms with Gasteiger partial charge in [-0.05, 0) is 31.5 Å². The van der Waals surface area contributed by atoms with Crippen molar-refractivity contribution in [2.24, 2.45) is 5.73 Å². The Kier molecular flexibility index (Phi) is 1.97. The zero-order chi connectivity index (χ0) is 12.0. The van der Waals surface area contributed by atoms with Crippen LogP contribution in [-0.4, -0.2) is 15.0 Å². The number of hydrogen-bond acceptors (Lipinski definition) is 3. The molecule has 3 aromatic rings. The second kappa shape index (κ2) is 3.28. The average molecular weight is 226 g/mol. The first-order valence-corrected chi connectivity index (χ1v) is 5.56. The minimum absolute atomic E-state index is 0.387. The van der Waals surface area contributed by atoms with Crippen LogP contribution in [-0.2, 0) is 5.54 Å². The van der Waals surface area contributed by atoms with Gasteiger partial charge in [0, 0.05) is 34.2 Å². The van der Waals surface area contributed by atoms with Crippen molar-refractivity contribution in [2.75, 3.05) is 0 Å². The molecule has 0 fully saturated rings. The molecule has 0 saturated carbocycles. The molecular formula is C13H14N4. The third-order valence-electron chi connectivity index (χ3n) is 3.03. The molecule has 17 heavy (non-hydrogen) atoms. The van der Waals surface area contributed by atoms with Crippen LogP contribution in [0.25, 0.3) is 21.8 Å². The van der Waals surface area contributed by atoms with Crippen LogP contribution in [0, 0.1) is 0 Å². The van der Waals surface area contributed by atoms with Crippen LogP contribution in [0.4, 0.5) is 0 Å². The molecule has 0 spiro atoms. The Bertz CT molecular complexity index is 691. The Labute approximate surface area is 98.9 Å². The summed E-state index contributed by atoms with van der Waals surface area (Å²) in [6.45, 7) is 4.00. The average Bonchev–Trinajstić information content (AvgIpc) is 2.72. The van der Waals surface area contributed by atoms with E-state index < -0.39 is 0 Å². The normalized spacial score (nSPS) is 12.4. The van der Waals surface area contributed by atoms with Gasteiger partial charge in [-0.1, -0.05) is 0 Å². The van der Waals surface area contributed by atoms with Gasteiger partial charge in [-0.3, -0.25) is 0 Å². The predicted octanol–water partition coefficient (Wildman–Crippen LogP) is 2.30. The number of nitrogens with one attached hydrogen (secondary N) is 1. The first-order valence-electron chi connectivity index (χ1n) is 5.56. The predicted molar refractivity (Wildman–Crippen MR) is 68.6 cm³/mol. The van der Waals surface area contributed by atoms with Gasteiger partial charge in [-0.25, -0.2) is 9.97 Å². The summed E-state index contributed by atoms with van der Waals surface area (Å²) < 4.78 is 0. The molecule has 0 aliphatic rings. The first kappa shape index (κ1) is 10.2. The molecule has 2 heterocycles. The lowest BCUT2D eigenvalue weighted by molar-refractivity contribution is 0.560. The van der Waals surface area contributed by atoms with Gasteiger partial charge in [0.05, 0.1) is 5.52 Å². The Balaban J connectivity index is 2.51. The lowest BCUT2D eigenvalue weighted by atomic mass is 9.94. The summed E-state index contributed by atoms with van der Waals surface area (Å²) in [7, 11) is 0. The highest BCUT2D eigenvalue weighted by Gasteiger charge is 2.20. The van der Waals surface area contributed by atoms with E-state index in [1.165, 1.54) is 0 Å². The van der Waals surface area contributed by atoms with Gasteiger partial charge in [0.25, 0.3) is 0 Å². The fraction of sp³-hybridized carbons (Fsp3) is 0.231. The van der Waals surface area contributed by atoms with Gasteiger partial charge >= 0.3 is 0 Å². The van der Waals surface area contributed by atoms with Crippen LogP contribution < -0.4 is 5.73 Å². The molecule has 0 saturated heterocycles. The van der Waals surface area contributed by atoms with Gasteiger partial charge in [-0.15, -0.1) is 0 Å². The third-order valence-corrected chi connectivity index (χ3v) is 3.03. The van der Waals surface area contributed by atoms with Crippen LogP contribution in [0.5, 0.6) is 0 Å². The summed E-state index contributed by atoms with van der Waals surface area (Å²) >= 11 is 0. The van der Waals surface area contributed by atoms with Crippen molar-refractivity contribution >= 4 is 21.8 Å². The smallest absolute Gasteiger partial charge is 0.116 e. The van der Waals surface area contributed by atoms with Crippen LogP contribution in [0.3, 0.4) is 0 Å². The zero-order valence-corrected chi connectivity index (χ0v) is 9.86. The molecule has 0 atom stereocenters. The summed E-state index contributed by atoms with van der Waals surface area (Å²) in [5.74, 6) is 0. The number of aromatic amines is 1. The molecule has 0 aliphatic carbocycles.